The van der Waals surface area contributed by atoms with E-state index in [1.807, 2.05) is 12.1 Å². The number of hydrogen-bond acceptors (Lipinski definition) is 4. The molecule has 1 atom stereocenters. The summed E-state index contributed by atoms with van der Waals surface area (Å²) in [5.74, 6) is 0. The van der Waals surface area contributed by atoms with E-state index in [4.69, 9.17) is 0 Å². The maximum Gasteiger partial charge on any atom is 0.115 e. The molecule has 100 valence electrons. The second kappa shape index (κ2) is 4.93. The van der Waals surface area contributed by atoms with Gasteiger partial charge in [-0.2, -0.15) is 0 Å². The minimum atomic E-state index is -0.539. The molecule has 3 aromatic heterocycles. The fraction of sp³-hybridized carbons (Fsp3) is 0.0667. The van der Waals surface area contributed by atoms with Crippen LogP contribution in [0.1, 0.15) is 16.5 Å². The van der Waals surface area contributed by atoms with Crippen LogP contribution in [-0.4, -0.2) is 5.11 Å². The lowest BCUT2D eigenvalue weighted by Crippen LogP contribution is -1.95. The van der Waals surface area contributed by atoms with Crippen LogP contribution in [0.2, 0.25) is 0 Å². The average Bonchev–Trinajstić information content (AvgIpc) is 3.11. The summed E-state index contributed by atoms with van der Waals surface area (Å²) in [5.41, 5.74) is 1.00. The minimum absolute atomic E-state index is 0.539. The summed E-state index contributed by atoms with van der Waals surface area (Å²) in [5, 5.41) is 16.0. The first kappa shape index (κ1) is 13.0. The van der Waals surface area contributed by atoms with Crippen molar-refractivity contribution in [1.82, 2.24) is 0 Å². The van der Waals surface area contributed by atoms with E-state index in [0.717, 1.165) is 20.3 Å². The number of benzene rings is 1. The van der Waals surface area contributed by atoms with Gasteiger partial charge >= 0.3 is 0 Å². The zero-order valence-electron chi connectivity index (χ0n) is 10.2. The van der Waals surface area contributed by atoms with Crippen molar-refractivity contribution in [3.8, 4) is 0 Å². The lowest BCUT2D eigenvalue weighted by molar-refractivity contribution is 0.226. The Labute approximate surface area is 136 Å². The molecule has 0 amide bonds. The molecule has 1 aromatic carbocycles. The second-order valence-electron chi connectivity index (χ2n) is 4.51. The SMILES string of the molecule is OC(c1cc2sccc2s1)c1csc2c(Br)cccc12. The van der Waals surface area contributed by atoms with Crippen LogP contribution < -0.4 is 0 Å². The van der Waals surface area contributed by atoms with E-state index in [0.29, 0.717) is 0 Å². The largest absolute Gasteiger partial charge is 0.383 e. The van der Waals surface area contributed by atoms with Crippen LogP contribution in [0.5, 0.6) is 0 Å². The zero-order valence-corrected chi connectivity index (χ0v) is 14.2. The molecule has 0 saturated carbocycles. The Hall–Kier alpha value is -0.720. The highest BCUT2D eigenvalue weighted by Gasteiger charge is 2.18. The van der Waals surface area contributed by atoms with Crippen molar-refractivity contribution in [3.63, 3.8) is 0 Å². The van der Waals surface area contributed by atoms with Gasteiger partial charge in [0.2, 0.25) is 0 Å². The highest BCUT2D eigenvalue weighted by atomic mass is 79.9. The van der Waals surface area contributed by atoms with Crippen LogP contribution in [0.25, 0.3) is 19.5 Å². The summed E-state index contributed by atoms with van der Waals surface area (Å²) in [6, 6.07) is 10.4. The van der Waals surface area contributed by atoms with Crippen molar-refractivity contribution < 1.29 is 5.11 Å². The van der Waals surface area contributed by atoms with Gasteiger partial charge in [0.1, 0.15) is 6.10 Å². The number of thiophene rings is 3. The molecule has 0 aliphatic carbocycles. The number of halogens is 1. The van der Waals surface area contributed by atoms with E-state index in [1.54, 1.807) is 34.0 Å². The third-order valence-electron chi connectivity index (χ3n) is 3.30. The van der Waals surface area contributed by atoms with Gasteiger partial charge < -0.3 is 5.11 Å². The topological polar surface area (TPSA) is 20.2 Å². The molecule has 0 aliphatic rings. The van der Waals surface area contributed by atoms with Crippen molar-refractivity contribution >= 4 is 69.4 Å². The molecule has 0 radical (unpaired) electrons. The van der Waals surface area contributed by atoms with E-state index < -0.39 is 6.10 Å². The first-order valence-electron chi connectivity index (χ1n) is 6.04. The molecule has 4 rings (SSSR count). The Balaban J connectivity index is 1.85. The third kappa shape index (κ3) is 1.96. The number of aliphatic hydroxyl groups excluding tert-OH is 1. The molecule has 0 fully saturated rings. The molecule has 20 heavy (non-hydrogen) atoms. The van der Waals surface area contributed by atoms with Crippen LogP contribution in [0.15, 0.2) is 45.6 Å². The van der Waals surface area contributed by atoms with E-state index in [1.165, 1.54) is 14.1 Å². The van der Waals surface area contributed by atoms with Gasteiger partial charge in [0.25, 0.3) is 0 Å². The van der Waals surface area contributed by atoms with Gasteiger partial charge in [0.05, 0.1) is 0 Å². The lowest BCUT2D eigenvalue weighted by Gasteiger charge is -2.07. The molecule has 3 heterocycles. The fourth-order valence-electron chi connectivity index (χ4n) is 2.33. The molecule has 0 spiro atoms. The predicted octanol–water partition coefficient (Wildman–Crippen LogP) is 6.02. The van der Waals surface area contributed by atoms with Gasteiger partial charge in [-0.05, 0) is 50.3 Å². The van der Waals surface area contributed by atoms with Crippen molar-refractivity contribution in [3.05, 3.63) is 56.0 Å². The lowest BCUT2D eigenvalue weighted by atomic mass is 10.1. The van der Waals surface area contributed by atoms with Crippen LogP contribution >= 0.6 is 49.9 Å². The van der Waals surface area contributed by atoms with Crippen LogP contribution in [0.4, 0.5) is 0 Å². The van der Waals surface area contributed by atoms with Gasteiger partial charge in [-0.25, -0.2) is 0 Å². The maximum atomic E-state index is 10.7. The summed E-state index contributed by atoms with van der Waals surface area (Å²) in [6.07, 6.45) is -0.539. The van der Waals surface area contributed by atoms with E-state index >= 15 is 0 Å². The quantitative estimate of drug-likeness (QED) is 0.450. The Morgan fingerprint density at radius 1 is 1.10 bits per heavy atom. The number of aliphatic hydroxyl groups is 1. The molecular weight excluding hydrogens is 372 g/mol. The smallest absolute Gasteiger partial charge is 0.115 e. The summed E-state index contributed by atoms with van der Waals surface area (Å²) in [7, 11) is 0. The Kier molecular flexibility index (Phi) is 3.20. The average molecular weight is 381 g/mol. The predicted molar refractivity (Wildman–Crippen MR) is 93.3 cm³/mol. The molecule has 1 unspecified atom stereocenters. The maximum absolute atomic E-state index is 10.7. The third-order valence-corrected chi connectivity index (χ3v) is 7.42. The Morgan fingerprint density at radius 2 is 2.00 bits per heavy atom. The van der Waals surface area contributed by atoms with Gasteiger partial charge in [-0.15, -0.1) is 34.0 Å². The second-order valence-corrected chi connectivity index (χ2v) is 8.31. The van der Waals surface area contributed by atoms with Crippen molar-refractivity contribution in [2.24, 2.45) is 0 Å². The Morgan fingerprint density at radius 3 is 2.85 bits per heavy atom. The van der Waals surface area contributed by atoms with Crippen LogP contribution in [-0.2, 0) is 0 Å². The van der Waals surface area contributed by atoms with Crippen LogP contribution in [0.3, 0.4) is 0 Å². The molecule has 1 N–H and O–H groups in total. The summed E-state index contributed by atoms with van der Waals surface area (Å²) >= 11 is 8.64. The fourth-order valence-corrected chi connectivity index (χ4v) is 6.09. The number of fused-ring (bicyclic) bond motifs is 2. The van der Waals surface area contributed by atoms with Crippen molar-refractivity contribution in [1.29, 1.82) is 0 Å². The van der Waals surface area contributed by atoms with Gasteiger partial charge in [-0.1, -0.05) is 12.1 Å². The molecule has 1 nitrogen and oxygen atoms in total. The minimum Gasteiger partial charge on any atom is -0.383 e. The molecule has 4 aromatic rings. The molecule has 0 aliphatic heterocycles. The summed E-state index contributed by atoms with van der Waals surface area (Å²) < 4.78 is 4.79. The molecule has 5 heteroatoms. The molecular formula is C15H9BrOS3. The Bertz CT molecular complexity index is 874. The molecule has 0 saturated heterocycles. The summed E-state index contributed by atoms with van der Waals surface area (Å²) in [4.78, 5) is 1.02. The first-order chi connectivity index (χ1) is 9.74. The normalized spacial score (nSPS) is 13.3. The first-order valence-corrected chi connectivity index (χ1v) is 9.41. The standard InChI is InChI=1S/C15H9BrOS3/c16-10-3-1-2-8-9(7-19-15(8)10)14(17)13-6-12-11(20-13)4-5-18-12/h1-7,14,17H. The number of hydrogen-bond donors (Lipinski definition) is 1. The van der Waals surface area contributed by atoms with Gasteiger partial charge in [-0.3, -0.25) is 0 Å². The van der Waals surface area contributed by atoms with Crippen molar-refractivity contribution in [2.75, 3.05) is 0 Å². The summed E-state index contributed by atoms with van der Waals surface area (Å²) in [6.45, 7) is 0. The van der Waals surface area contributed by atoms with E-state index in [9.17, 15) is 5.11 Å². The van der Waals surface area contributed by atoms with E-state index in [-0.39, 0.29) is 0 Å². The zero-order chi connectivity index (χ0) is 13.7. The van der Waals surface area contributed by atoms with Crippen molar-refractivity contribution in [2.45, 2.75) is 6.10 Å². The monoisotopic (exact) mass is 380 g/mol. The highest BCUT2D eigenvalue weighted by molar-refractivity contribution is 9.10. The number of rotatable bonds is 2. The van der Waals surface area contributed by atoms with Gasteiger partial charge in [0, 0.05) is 29.0 Å². The van der Waals surface area contributed by atoms with E-state index in [2.05, 4.69) is 44.9 Å². The molecule has 0 bridgehead atoms. The van der Waals surface area contributed by atoms with Gasteiger partial charge in [0.15, 0.2) is 0 Å². The van der Waals surface area contributed by atoms with Crippen LogP contribution in [0, 0.1) is 0 Å². The highest BCUT2D eigenvalue weighted by Crippen LogP contribution is 2.41.